The van der Waals surface area contributed by atoms with Crippen molar-refractivity contribution in [1.29, 1.82) is 0 Å². The molecule has 3 heterocycles. The van der Waals surface area contributed by atoms with Crippen LogP contribution in [0.25, 0.3) is 11.4 Å². The number of nitrogens with one attached hydrogen (secondary N) is 1. The zero-order valence-electron chi connectivity index (χ0n) is 11.8. The summed E-state index contributed by atoms with van der Waals surface area (Å²) >= 11 is 1.90. The molecular formula is C15H18N4S. The normalized spacial score (nSPS) is 13.3. The molecule has 1 N–H and O–H groups in total. The maximum atomic E-state index is 4.78. The van der Waals surface area contributed by atoms with Crippen LogP contribution < -0.4 is 5.32 Å². The number of anilines is 1. The second-order valence-corrected chi connectivity index (χ2v) is 5.72. The average Bonchev–Trinajstić information content (AvgIpc) is 2.96. The number of aryl methyl sites for hydroxylation is 1. The minimum Gasteiger partial charge on any atom is -0.370 e. The van der Waals surface area contributed by atoms with Crippen molar-refractivity contribution in [1.82, 2.24) is 15.0 Å². The van der Waals surface area contributed by atoms with Crippen LogP contribution in [0.5, 0.6) is 0 Å². The van der Waals surface area contributed by atoms with Crippen LogP contribution in [0.1, 0.15) is 30.7 Å². The van der Waals surface area contributed by atoms with Crippen LogP contribution >= 0.6 is 11.8 Å². The Hall–Kier alpha value is -1.62. The van der Waals surface area contributed by atoms with E-state index in [1.807, 2.05) is 30.2 Å². The Bertz CT molecular complexity index is 627. The molecule has 0 spiro atoms. The van der Waals surface area contributed by atoms with Gasteiger partial charge in [-0.1, -0.05) is 6.92 Å². The van der Waals surface area contributed by atoms with E-state index in [9.17, 15) is 0 Å². The number of fused-ring (bicyclic) bond motifs is 1. The number of thioether (sulfide) groups is 1. The zero-order valence-corrected chi connectivity index (χ0v) is 12.6. The van der Waals surface area contributed by atoms with Crippen LogP contribution in [0, 0.1) is 0 Å². The minimum absolute atomic E-state index is 0.821. The van der Waals surface area contributed by atoms with Crippen LogP contribution in [0.2, 0.25) is 0 Å². The molecule has 0 amide bonds. The maximum absolute atomic E-state index is 4.78. The number of hydrogen-bond acceptors (Lipinski definition) is 5. The van der Waals surface area contributed by atoms with Gasteiger partial charge in [0.05, 0.1) is 5.69 Å². The summed E-state index contributed by atoms with van der Waals surface area (Å²) in [7, 11) is 0. The third-order valence-electron chi connectivity index (χ3n) is 3.45. The molecule has 0 saturated heterocycles. The minimum atomic E-state index is 0.821. The van der Waals surface area contributed by atoms with Crippen LogP contribution in [0.4, 0.5) is 5.82 Å². The smallest absolute Gasteiger partial charge is 0.162 e. The first kappa shape index (κ1) is 13.4. The lowest BCUT2D eigenvalue weighted by atomic mass is 10.1. The summed E-state index contributed by atoms with van der Waals surface area (Å²) in [6.45, 7) is 5.11. The fourth-order valence-corrected chi connectivity index (χ4v) is 3.45. The summed E-state index contributed by atoms with van der Waals surface area (Å²) in [5, 5.41) is 3.38. The largest absolute Gasteiger partial charge is 0.370 e. The van der Waals surface area contributed by atoms with Crippen molar-refractivity contribution in [2.75, 3.05) is 11.9 Å². The monoisotopic (exact) mass is 286 g/mol. The lowest BCUT2D eigenvalue weighted by molar-refractivity contribution is 1.03. The predicted molar refractivity (Wildman–Crippen MR) is 83.8 cm³/mol. The summed E-state index contributed by atoms with van der Waals surface area (Å²) in [5.41, 5.74) is 4.74. The molecule has 0 atom stereocenters. The molecule has 0 radical (unpaired) electrons. The Morgan fingerprint density at radius 2 is 2.15 bits per heavy atom. The Morgan fingerprint density at radius 1 is 1.25 bits per heavy atom. The van der Waals surface area contributed by atoms with Crippen LogP contribution in [0.3, 0.4) is 0 Å². The van der Waals surface area contributed by atoms with Crippen LogP contribution in [-0.4, -0.2) is 21.5 Å². The van der Waals surface area contributed by atoms with Gasteiger partial charge in [0.15, 0.2) is 5.82 Å². The van der Waals surface area contributed by atoms with Crippen molar-refractivity contribution in [2.45, 2.75) is 31.8 Å². The highest BCUT2D eigenvalue weighted by Crippen LogP contribution is 2.34. The molecule has 104 valence electrons. The number of rotatable bonds is 4. The molecule has 0 aliphatic carbocycles. The van der Waals surface area contributed by atoms with Gasteiger partial charge in [0.25, 0.3) is 0 Å². The number of aromatic nitrogens is 3. The molecular weight excluding hydrogens is 268 g/mol. The van der Waals surface area contributed by atoms with Crippen molar-refractivity contribution in [3.05, 3.63) is 35.3 Å². The molecule has 0 unspecified atom stereocenters. The van der Waals surface area contributed by atoms with Crippen LogP contribution in [-0.2, 0) is 17.9 Å². The molecule has 20 heavy (non-hydrogen) atoms. The quantitative estimate of drug-likeness (QED) is 0.934. The molecule has 1 aliphatic rings. The lowest BCUT2D eigenvalue weighted by Crippen LogP contribution is -2.07. The SMILES string of the molecule is CCNc1nc(-c2ccncc2CC)nc2c1CSC2. The Kier molecular flexibility index (Phi) is 3.87. The first-order valence-electron chi connectivity index (χ1n) is 6.98. The van der Waals surface area contributed by atoms with E-state index in [4.69, 9.17) is 9.97 Å². The number of hydrogen-bond donors (Lipinski definition) is 1. The van der Waals surface area contributed by atoms with Crippen molar-refractivity contribution in [3.8, 4) is 11.4 Å². The highest BCUT2D eigenvalue weighted by Gasteiger charge is 2.20. The fraction of sp³-hybridized carbons (Fsp3) is 0.400. The molecule has 4 nitrogen and oxygen atoms in total. The highest BCUT2D eigenvalue weighted by molar-refractivity contribution is 7.98. The van der Waals surface area contributed by atoms with E-state index in [1.165, 1.54) is 16.8 Å². The molecule has 0 aromatic carbocycles. The van der Waals surface area contributed by atoms with E-state index in [1.54, 1.807) is 0 Å². The van der Waals surface area contributed by atoms with E-state index < -0.39 is 0 Å². The van der Waals surface area contributed by atoms with E-state index in [2.05, 4.69) is 24.1 Å². The molecule has 2 aromatic heterocycles. The molecule has 0 saturated carbocycles. The predicted octanol–water partition coefficient (Wildman–Crippen LogP) is 3.28. The van der Waals surface area contributed by atoms with Gasteiger partial charge in [-0.2, -0.15) is 11.8 Å². The van der Waals surface area contributed by atoms with Gasteiger partial charge in [0.2, 0.25) is 0 Å². The van der Waals surface area contributed by atoms with Crippen molar-refractivity contribution in [3.63, 3.8) is 0 Å². The molecule has 0 fully saturated rings. The van der Waals surface area contributed by atoms with E-state index >= 15 is 0 Å². The maximum Gasteiger partial charge on any atom is 0.162 e. The molecule has 0 bridgehead atoms. The van der Waals surface area contributed by atoms with Crippen molar-refractivity contribution >= 4 is 17.6 Å². The van der Waals surface area contributed by atoms with Gasteiger partial charge in [-0.25, -0.2) is 9.97 Å². The first-order chi connectivity index (χ1) is 9.83. The van der Waals surface area contributed by atoms with Gasteiger partial charge in [-0.3, -0.25) is 4.98 Å². The second kappa shape index (κ2) is 5.79. The Labute approximate surface area is 123 Å². The summed E-state index contributed by atoms with van der Waals surface area (Å²) in [6, 6.07) is 2.01. The number of pyridine rings is 1. The van der Waals surface area contributed by atoms with E-state index in [0.717, 1.165) is 41.7 Å². The zero-order chi connectivity index (χ0) is 13.9. The van der Waals surface area contributed by atoms with Gasteiger partial charge in [0, 0.05) is 41.6 Å². The van der Waals surface area contributed by atoms with Gasteiger partial charge in [-0.15, -0.1) is 0 Å². The summed E-state index contributed by atoms with van der Waals surface area (Å²) < 4.78 is 0. The van der Waals surface area contributed by atoms with Crippen LogP contribution in [0.15, 0.2) is 18.5 Å². The Balaban J connectivity index is 2.12. The van der Waals surface area contributed by atoms with E-state index in [0.29, 0.717) is 0 Å². The number of nitrogens with zero attached hydrogens (tertiary/aromatic N) is 3. The third kappa shape index (κ3) is 2.38. The summed E-state index contributed by atoms with van der Waals surface area (Å²) in [6.07, 6.45) is 4.66. The van der Waals surface area contributed by atoms with Gasteiger partial charge >= 0.3 is 0 Å². The third-order valence-corrected chi connectivity index (χ3v) is 4.42. The van der Waals surface area contributed by atoms with Gasteiger partial charge in [0.1, 0.15) is 5.82 Å². The topological polar surface area (TPSA) is 50.7 Å². The van der Waals surface area contributed by atoms with Gasteiger partial charge < -0.3 is 5.32 Å². The van der Waals surface area contributed by atoms with Gasteiger partial charge in [-0.05, 0) is 25.0 Å². The molecule has 5 heteroatoms. The second-order valence-electron chi connectivity index (χ2n) is 4.73. The fourth-order valence-electron chi connectivity index (χ4n) is 2.41. The first-order valence-corrected chi connectivity index (χ1v) is 8.13. The van der Waals surface area contributed by atoms with E-state index in [-0.39, 0.29) is 0 Å². The summed E-state index contributed by atoms with van der Waals surface area (Å²) in [4.78, 5) is 13.7. The molecule has 2 aromatic rings. The van der Waals surface area contributed by atoms with Crippen molar-refractivity contribution < 1.29 is 0 Å². The average molecular weight is 286 g/mol. The molecule has 3 rings (SSSR count). The summed E-state index contributed by atoms with van der Waals surface area (Å²) in [5.74, 6) is 3.81. The van der Waals surface area contributed by atoms with Crippen molar-refractivity contribution in [2.24, 2.45) is 0 Å². The standard InChI is InChI=1S/C15H18N4S/c1-3-10-7-16-6-5-11(10)15-18-13-9-20-8-12(13)14(19-15)17-4-2/h5-7H,3-4,8-9H2,1-2H3,(H,17,18,19). The molecule has 1 aliphatic heterocycles. The highest BCUT2D eigenvalue weighted by atomic mass is 32.2. The Morgan fingerprint density at radius 3 is 2.95 bits per heavy atom. The lowest BCUT2D eigenvalue weighted by Gasteiger charge is -2.12.